The summed E-state index contributed by atoms with van der Waals surface area (Å²) in [7, 11) is -1.09. The van der Waals surface area contributed by atoms with Gasteiger partial charge >= 0.3 is 0 Å². The van der Waals surface area contributed by atoms with Crippen molar-refractivity contribution in [3.8, 4) is 11.5 Å². The van der Waals surface area contributed by atoms with E-state index < -0.39 is 34.1 Å². The number of hydrogen-bond donors (Lipinski definition) is 1. The Kier molecular flexibility index (Phi) is 10.9. The van der Waals surface area contributed by atoms with Gasteiger partial charge in [0.1, 0.15) is 24.1 Å². The molecule has 0 spiro atoms. The van der Waals surface area contributed by atoms with E-state index >= 15 is 0 Å². The lowest BCUT2D eigenvalue weighted by Crippen LogP contribution is -2.56. The van der Waals surface area contributed by atoms with Crippen LogP contribution >= 0.6 is 11.6 Å². The third-order valence-electron chi connectivity index (χ3n) is 6.35. The first-order chi connectivity index (χ1) is 19.7. The molecule has 3 aromatic rings. The van der Waals surface area contributed by atoms with Crippen LogP contribution in [-0.4, -0.2) is 63.7 Å². The maximum absolute atomic E-state index is 14.2. The molecular formula is C31H38ClN3O6S. The van der Waals surface area contributed by atoms with Gasteiger partial charge in [-0.1, -0.05) is 54.1 Å². The summed E-state index contributed by atoms with van der Waals surface area (Å²) in [5.74, 6) is -0.280. The summed E-state index contributed by atoms with van der Waals surface area (Å²) in [5.41, 5.74) is 1.11. The van der Waals surface area contributed by atoms with E-state index in [0.29, 0.717) is 16.3 Å². The van der Waals surface area contributed by atoms with Gasteiger partial charge in [-0.25, -0.2) is 8.42 Å². The predicted molar refractivity (Wildman–Crippen MR) is 166 cm³/mol. The Labute approximate surface area is 253 Å². The molecule has 0 heterocycles. The maximum atomic E-state index is 14.2. The number of carbonyl (C=O) groups excluding carboxylic acids is 2. The van der Waals surface area contributed by atoms with Gasteiger partial charge in [0.2, 0.25) is 21.8 Å². The summed E-state index contributed by atoms with van der Waals surface area (Å²) in [4.78, 5) is 29.4. The van der Waals surface area contributed by atoms with Gasteiger partial charge in [-0.3, -0.25) is 13.9 Å². The molecule has 1 N–H and O–H groups in total. The van der Waals surface area contributed by atoms with Crippen molar-refractivity contribution in [1.29, 1.82) is 0 Å². The standard InChI is InChI=1S/C31H38ClN3O6S/c1-31(2,3)33-30(37)27(18-22-11-8-7-9-12-22)34(20-23-13-10-14-24(32)17-23)29(36)21-35(42(6,38)39)26-16-15-25(40-4)19-28(26)41-5/h7-17,19,27H,18,20-21H2,1-6H3,(H,33,37)/t27-/m1/s1. The first-order valence-corrected chi connectivity index (χ1v) is 15.5. The number of carbonyl (C=O) groups is 2. The van der Waals surface area contributed by atoms with E-state index in [1.54, 1.807) is 30.3 Å². The van der Waals surface area contributed by atoms with Crippen molar-refractivity contribution >= 4 is 39.1 Å². The Morgan fingerprint density at radius 2 is 1.60 bits per heavy atom. The fourth-order valence-corrected chi connectivity index (χ4v) is 5.49. The molecule has 42 heavy (non-hydrogen) atoms. The fraction of sp³-hybridized carbons (Fsp3) is 0.355. The summed E-state index contributed by atoms with van der Waals surface area (Å²) in [5, 5.41) is 3.47. The minimum Gasteiger partial charge on any atom is -0.497 e. The van der Waals surface area contributed by atoms with E-state index in [4.69, 9.17) is 21.1 Å². The van der Waals surface area contributed by atoms with Crippen LogP contribution in [0.2, 0.25) is 5.02 Å². The van der Waals surface area contributed by atoms with Crippen LogP contribution in [0.1, 0.15) is 31.9 Å². The first-order valence-electron chi connectivity index (χ1n) is 13.3. The number of rotatable bonds is 12. The highest BCUT2D eigenvalue weighted by Gasteiger charge is 2.35. The lowest BCUT2D eigenvalue weighted by molar-refractivity contribution is -0.140. The van der Waals surface area contributed by atoms with Gasteiger partial charge in [-0.15, -0.1) is 0 Å². The number of benzene rings is 3. The van der Waals surface area contributed by atoms with Crippen molar-refractivity contribution in [3.63, 3.8) is 0 Å². The maximum Gasteiger partial charge on any atom is 0.244 e. The first kappa shape index (κ1) is 32.8. The average Bonchev–Trinajstić information content (AvgIpc) is 2.92. The lowest BCUT2D eigenvalue weighted by atomic mass is 10.0. The molecule has 226 valence electrons. The van der Waals surface area contributed by atoms with Crippen LogP contribution in [0.15, 0.2) is 72.8 Å². The second kappa shape index (κ2) is 13.9. The molecule has 11 heteroatoms. The van der Waals surface area contributed by atoms with Crippen molar-refractivity contribution in [2.24, 2.45) is 0 Å². The zero-order valence-corrected chi connectivity index (χ0v) is 26.3. The highest BCUT2D eigenvalue weighted by atomic mass is 35.5. The van der Waals surface area contributed by atoms with Crippen molar-refractivity contribution in [3.05, 3.63) is 88.9 Å². The SMILES string of the molecule is COc1ccc(N(CC(=O)N(Cc2cccc(Cl)c2)[C@H](Cc2ccccc2)C(=O)NC(C)(C)C)S(C)(=O)=O)c(OC)c1. The van der Waals surface area contributed by atoms with Crippen LogP contribution in [-0.2, 0) is 32.6 Å². The van der Waals surface area contributed by atoms with E-state index in [0.717, 1.165) is 16.1 Å². The summed E-state index contributed by atoms with van der Waals surface area (Å²) in [6.07, 6.45) is 1.22. The topological polar surface area (TPSA) is 105 Å². The monoisotopic (exact) mass is 615 g/mol. The Morgan fingerprint density at radius 1 is 0.929 bits per heavy atom. The highest BCUT2D eigenvalue weighted by Crippen LogP contribution is 2.34. The van der Waals surface area contributed by atoms with Crippen LogP contribution < -0.4 is 19.1 Å². The van der Waals surface area contributed by atoms with Gasteiger partial charge in [-0.2, -0.15) is 0 Å². The van der Waals surface area contributed by atoms with Crippen molar-refractivity contribution in [2.75, 3.05) is 31.3 Å². The highest BCUT2D eigenvalue weighted by molar-refractivity contribution is 7.92. The Bertz CT molecular complexity index is 1490. The van der Waals surface area contributed by atoms with E-state index in [1.807, 2.05) is 51.1 Å². The average molecular weight is 616 g/mol. The Morgan fingerprint density at radius 3 is 2.17 bits per heavy atom. The smallest absolute Gasteiger partial charge is 0.244 e. The number of nitrogens with zero attached hydrogens (tertiary/aromatic N) is 2. The number of methoxy groups -OCH3 is 2. The largest absolute Gasteiger partial charge is 0.497 e. The second-order valence-corrected chi connectivity index (χ2v) is 13.2. The van der Waals surface area contributed by atoms with Gasteiger partial charge in [0.15, 0.2) is 0 Å². The summed E-state index contributed by atoms with van der Waals surface area (Å²) in [6, 6.07) is 20.0. The molecule has 0 saturated heterocycles. The van der Waals surface area contributed by atoms with Crippen molar-refractivity contribution in [1.82, 2.24) is 10.2 Å². The molecule has 0 aliphatic heterocycles. The van der Waals surface area contributed by atoms with E-state index in [-0.39, 0.29) is 30.3 Å². The molecule has 3 rings (SSSR count). The third kappa shape index (κ3) is 9.12. The number of sulfonamides is 1. The molecule has 9 nitrogen and oxygen atoms in total. The molecule has 2 amide bonds. The molecule has 0 bridgehead atoms. The number of nitrogens with one attached hydrogen (secondary N) is 1. The summed E-state index contributed by atoms with van der Waals surface area (Å²) in [6.45, 7) is 5.01. The molecule has 0 aliphatic rings. The lowest BCUT2D eigenvalue weighted by Gasteiger charge is -2.35. The van der Waals surface area contributed by atoms with Gasteiger partial charge in [-0.05, 0) is 56.2 Å². The number of hydrogen-bond acceptors (Lipinski definition) is 6. The fourth-order valence-electron chi connectivity index (χ4n) is 4.42. The molecular weight excluding hydrogens is 578 g/mol. The van der Waals surface area contributed by atoms with Crippen LogP contribution in [0.25, 0.3) is 0 Å². The van der Waals surface area contributed by atoms with Gasteiger partial charge in [0.05, 0.1) is 26.2 Å². The molecule has 1 atom stereocenters. The van der Waals surface area contributed by atoms with E-state index in [1.165, 1.54) is 31.3 Å². The number of halogens is 1. The normalized spacial score (nSPS) is 12.3. The van der Waals surface area contributed by atoms with Crippen LogP contribution in [0.3, 0.4) is 0 Å². The van der Waals surface area contributed by atoms with Crippen LogP contribution in [0, 0.1) is 0 Å². The van der Waals surface area contributed by atoms with Crippen molar-refractivity contribution < 1.29 is 27.5 Å². The number of anilines is 1. The minimum atomic E-state index is -3.97. The van der Waals surface area contributed by atoms with Crippen molar-refractivity contribution in [2.45, 2.75) is 45.3 Å². The third-order valence-corrected chi connectivity index (χ3v) is 7.71. The van der Waals surface area contributed by atoms with Crippen LogP contribution in [0.4, 0.5) is 5.69 Å². The summed E-state index contributed by atoms with van der Waals surface area (Å²) < 4.78 is 37.8. The molecule has 0 saturated carbocycles. The minimum absolute atomic E-state index is 0.0196. The Balaban J connectivity index is 2.11. The zero-order valence-electron chi connectivity index (χ0n) is 24.8. The molecule has 0 unspecified atom stereocenters. The molecule has 0 radical (unpaired) electrons. The molecule has 0 aromatic heterocycles. The van der Waals surface area contributed by atoms with Gasteiger partial charge in [0.25, 0.3) is 0 Å². The molecule has 0 fully saturated rings. The second-order valence-electron chi connectivity index (χ2n) is 10.9. The Hall–Kier alpha value is -3.76. The van der Waals surface area contributed by atoms with E-state index in [2.05, 4.69) is 5.32 Å². The zero-order chi connectivity index (χ0) is 31.1. The summed E-state index contributed by atoms with van der Waals surface area (Å²) >= 11 is 6.25. The number of ether oxygens (including phenoxy) is 2. The van der Waals surface area contributed by atoms with Gasteiger partial charge < -0.3 is 19.7 Å². The van der Waals surface area contributed by atoms with E-state index in [9.17, 15) is 18.0 Å². The molecule has 3 aromatic carbocycles. The number of amides is 2. The van der Waals surface area contributed by atoms with Crippen LogP contribution in [0.5, 0.6) is 11.5 Å². The quantitative estimate of drug-likeness (QED) is 0.317. The predicted octanol–water partition coefficient (Wildman–Crippen LogP) is 4.68. The van der Waals surface area contributed by atoms with Gasteiger partial charge in [0, 0.05) is 29.6 Å². The molecule has 0 aliphatic carbocycles.